The van der Waals surface area contributed by atoms with Gasteiger partial charge in [0.05, 0.1) is 19.2 Å². The van der Waals surface area contributed by atoms with Gasteiger partial charge in [-0.1, -0.05) is 18.2 Å². The number of ether oxygens (including phenoxy) is 3. The SMILES string of the molecule is COc1cccc(CN=C(Nc2ccc(C(=O)O)cc2)N2CCN(Cc3ccc4c(c3)OCO4)CC2)c1. The number of nitrogens with zero attached hydrogens (tertiary/aromatic N) is 3. The summed E-state index contributed by atoms with van der Waals surface area (Å²) < 4.78 is 16.3. The van der Waals surface area contributed by atoms with Gasteiger partial charge in [0, 0.05) is 38.4 Å². The van der Waals surface area contributed by atoms with Crippen LogP contribution < -0.4 is 19.5 Å². The predicted molar refractivity (Wildman–Crippen MR) is 141 cm³/mol. The summed E-state index contributed by atoms with van der Waals surface area (Å²) in [5.41, 5.74) is 3.28. The minimum Gasteiger partial charge on any atom is -0.497 e. The zero-order valence-corrected chi connectivity index (χ0v) is 20.7. The lowest BCUT2D eigenvalue weighted by Gasteiger charge is -2.36. The maximum absolute atomic E-state index is 11.2. The normalized spacial score (nSPS) is 15.5. The highest BCUT2D eigenvalue weighted by atomic mass is 16.7. The topological polar surface area (TPSA) is 95.9 Å². The molecular formula is C28H30N4O5. The van der Waals surface area contributed by atoms with Gasteiger partial charge in [0.1, 0.15) is 5.75 Å². The summed E-state index contributed by atoms with van der Waals surface area (Å²) in [4.78, 5) is 20.8. The van der Waals surface area contributed by atoms with Crippen molar-refractivity contribution in [1.29, 1.82) is 0 Å². The second-order valence-corrected chi connectivity index (χ2v) is 8.95. The number of hydrogen-bond acceptors (Lipinski definition) is 6. The number of anilines is 1. The van der Waals surface area contributed by atoms with Gasteiger partial charge in [0.2, 0.25) is 6.79 Å². The standard InChI is InChI=1S/C28H30N4O5/c1-35-24-4-2-3-20(15-24)17-29-28(30-23-8-6-22(7-9-23)27(33)34)32-13-11-31(12-14-32)18-21-5-10-25-26(16-21)37-19-36-25/h2-10,15-16H,11-14,17-19H2,1H3,(H,29,30)(H,33,34). The van der Waals surface area contributed by atoms with E-state index in [1.54, 1.807) is 31.4 Å². The molecule has 3 aromatic carbocycles. The molecule has 0 saturated carbocycles. The number of carboxylic acid groups (broad SMARTS) is 1. The van der Waals surface area contributed by atoms with Gasteiger partial charge in [-0.3, -0.25) is 4.90 Å². The maximum atomic E-state index is 11.2. The number of aliphatic imine (C=N–C) groups is 1. The first-order valence-electron chi connectivity index (χ1n) is 12.2. The van der Waals surface area contributed by atoms with Gasteiger partial charge in [0.15, 0.2) is 17.5 Å². The summed E-state index contributed by atoms with van der Waals surface area (Å²) in [6.07, 6.45) is 0. The van der Waals surface area contributed by atoms with Crippen molar-refractivity contribution in [3.8, 4) is 17.2 Å². The highest BCUT2D eigenvalue weighted by molar-refractivity contribution is 5.94. The van der Waals surface area contributed by atoms with Gasteiger partial charge < -0.3 is 29.5 Å². The first-order chi connectivity index (χ1) is 18.1. The van der Waals surface area contributed by atoms with E-state index < -0.39 is 5.97 Å². The molecule has 2 aliphatic rings. The first kappa shape index (κ1) is 24.5. The van der Waals surface area contributed by atoms with E-state index in [4.69, 9.17) is 19.2 Å². The number of fused-ring (bicyclic) bond motifs is 1. The molecule has 0 bridgehead atoms. The van der Waals surface area contributed by atoms with Gasteiger partial charge in [0.25, 0.3) is 0 Å². The van der Waals surface area contributed by atoms with Gasteiger partial charge in [-0.15, -0.1) is 0 Å². The van der Waals surface area contributed by atoms with Gasteiger partial charge in [-0.25, -0.2) is 9.79 Å². The Labute approximate surface area is 215 Å². The average Bonchev–Trinajstić information content (AvgIpc) is 3.40. The van der Waals surface area contributed by atoms with Crippen LogP contribution in [0.4, 0.5) is 5.69 Å². The zero-order chi connectivity index (χ0) is 25.6. The van der Waals surface area contributed by atoms with E-state index in [1.807, 2.05) is 30.3 Å². The van der Waals surface area contributed by atoms with Gasteiger partial charge in [-0.05, 0) is 59.7 Å². The smallest absolute Gasteiger partial charge is 0.335 e. The van der Waals surface area contributed by atoms with E-state index in [0.717, 1.165) is 67.2 Å². The molecule has 0 radical (unpaired) electrons. The number of carboxylic acids is 1. The fraction of sp³-hybridized carbons (Fsp3) is 0.286. The molecule has 37 heavy (non-hydrogen) atoms. The summed E-state index contributed by atoms with van der Waals surface area (Å²) in [7, 11) is 1.65. The molecule has 1 fully saturated rings. The Bertz CT molecular complexity index is 1270. The lowest BCUT2D eigenvalue weighted by atomic mass is 10.1. The Hall–Kier alpha value is -4.24. The van der Waals surface area contributed by atoms with Crippen LogP contribution in [0.5, 0.6) is 17.2 Å². The van der Waals surface area contributed by atoms with Crippen LogP contribution >= 0.6 is 0 Å². The first-order valence-corrected chi connectivity index (χ1v) is 12.2. The second-order valence-electron chi connectivity index (χ2n) is 8.95. The highest BCUT2D eigenvalue weighted by Gasteiger charge is 2.21. The number of nitrogens with one attached hydrogen (secondary N) is 1. The van der Waals surface area contributed by atoms with Crippen LogP contribution in [-0.2, 0) is 13.1 Å². The van der Waals surface area contributed by atoms with Crippen LogP contribution in [0.15, 0.2) is 71.7 Å². The summed E-state index contributed by atoms with van der Waals surface area (Å²) in [6, 6.07) is 20.7. The molecule has 0 aliphatic carbocycles. The fourth-order valence-corrected chi connectivity index (χ4v) is 4.40. The molecule has 5 rings (SSSR count). The van der Waals surface area contributed by atoms with Crippen molar-refractivity contribution in [1.82, 2.24) is 9.80 Å². The predicted octanol–water partition coefficient (Wildman–Crippen LogP) is 3.91. The Kier molecular flexibility index (Phi) is 7.41. The van der Waals surface area contributed by atoms with E-state index in [1.165, 1.54) is 5.56 Å². The molecule has 2 aliphatic heterocycles. The van der Waals surface area contributed by atoms with Crippen molar-refractivity contribution in [2.45, 2.75) is 13.1 Å². The van der Waals surface area contributed by atoms with Crippen LogP contribution in [-0.4, -0.2) is 66.9 Å². The Morgan fingerprint density at radius 2 is 1.76 bits per heavy atom. The molecular weight excluding hydrogens is 472 g/mol. The summed E-state index contributed by atoms with van der Waals surface area (Å²) in [6.45, 7) is 4.98. The Morgan fingerprint density at radius 1 is 0.973 bits per heavy atom. The van der Waals surface area contributed by atoms with Crippen molar-refractivity contribution in [3.63, 3.8) is 0 Å². The van der Waals surface area contributed by atoms with Crippen molar-refractivity contribution in [3.05, 3.63) is 83.4 Å². The molecule has 3 aromatic rings. The number of methoxy groups -OCH3 is 1. The molecule has 1 saturated heterocycles. The van der Waals surface area contributed by atoms with Crippen LogP contribution in [0.25, 0.3) is 0 Å². The van der Waals surface area contributed by atoms with Gasteiger partial charge in [-0.2, -0.15) is 0 Å². The minimum absolute atomic E-state index is 0.248. The summed E-state index contributed by atoms with van der Waals surface area (Å²) in [5.74, 6) is 2.21. The van der Waals surface area contributed by atoms with Crippen molar-refractivity contribution < 1.29 is 24.1 Å². The number of carbonyl (C=O) groups is 1. The third-order valence-electron chi connectivity index (χ3n) is 6.45. The van der Waals surface area contributed by atoms with Gasteiger partial charge >= 0.3 is 5.97 Å². The molecule has 0 atom stereocenters. The Morgan fingerprint density at radius 3 is 2.51 bits per heavy atom. The number of rotatable bonds is 7. The van der Waals surface area contributed by atoms with E-state index in [0.29, 0.717) is 6.54 Å². The highest BCUT2D eigenvalue weighted by Crippen LogP contribution is 2.32. The summed E-state index contributed by atoms with van der Waals surface area (Å²) >= 11 is 0. The average molecular weight is 503 g/mol. The second kappa shape index (κ2) is 11.2. The lowest BCUT2D eigenvalue weighted by Crippen LogP contribution is -2.50. The largest absolute Gasteiger partial charge is 0.497 e. The Balaban J connectivity index is 1.27. The molecule has 0 spiro atoms. The lowest BCUT2D eigenvalue weighted by molar-refractivity contribution is 0.0697. The molecule has 2 heterocycles. The number of piperazine rings is 1. The van der Waals surface area contributed by atoms with E-state index in [9.17, 15) is 9.90 Å². The van der Waals surface area contributed by atoms with Crippen LogP contribution in [0.3, 0.4) is 0 Å². The molecule has 192 valence electrons. The fourth-order valence-electron chi connectivity index (χ4n) is 4.40. The zero-order valence-electron chi connectivity index (χ0n) is 20.7. The number of benzene rings is 3. The molecule has 0 aromatic heterocycles. The number of hydrogen-bond donors (Lipinski definition) is 2. The van der Waals surface area contributed by atoms with Crippen LogP contribution in [0.2, 0.25) is 0 Å². The molecule has 0 unspecified atom stereocenters. The van der Waals surface area contributed by atoms with Crippen LogP contribution in [0.1, 0.15) is 21.5 Å². The summed E-state index contributed by atoms with van der Waals surface area (Å²) in [5, 5.41) is 12.6. The van der Waals surface area contributed by atoms with Crippen molar-refractivity contribution in [2.24, 2.45) is 4.99 Å². The molecule has 9 nitrogen and oxygen atoms in total. The van der Waals surface area contributed by atoms with Crippen molar-refractivity contribution in [2.75, 3.05) is 45.4 Å². The third kappa shape index (κ3) is 6.13. The quantitative estimate of drug-likeness (QED) is 0.371. The molecule has 0 amide bonds. The molecule has 2 N–H and O–H groups in total. The number of aromatic carboxylic acids is 1. The van der Waals surface area contributed by atoms with E-state index in [-0.39, 0.29) is 12.4 Å². The number of guanidine groups is 1. The van der Waals surface area contributed by atoms with E-state index in [2.05, 4.69) is 27.2 Å². The van der Waals surface area contributed by atoms with Crippen LogP contribution in [0, 0.1) is 0 Å². The van der Waals surface area contributed by atoms with Crippen molar-refractivity contribution >= 4 is 17.6 Å². The monoisotopic (exact) mass is 502 g/mol. The molecule has 9 heteroatoms. The third-order valence-corrected chi connectivity index (χ3v) is 6.45. The maximum Gasteiger partial charge on any atom is 0.335 e. The minimum atomic E-state index is -0.947. The van der Waals surface area contributed by atoms with E-state index >= 15 is 0 Å².